The van der Waals surface area contributed by atoms with Crippen molar-refractivity contribution in [2.75, 3.05) is 32.8 Å². The summed E-state index contributed by atoms with van der Waals surface area (Å²) >= 11 is 0. The first-order valence-electron chi connectivity index (χ1n) is 6.78. The summed E-state index contributed by atoms with van der Waals surface area (Å²) < 4.78 is 31.8. The van der Waals surface area contributed by atoms with E-state index in [0.29, 0.717) is 26.2 Å². The zero-order chi connectivity index (χ0) is 13.6. The highest BCUT2D eigenvalue weighted by molar-refractivity contribution is 7.90. The van der Waals surface area contributed by atoms with Crippen molar-refractivity contribution in [3.63, 3.8) is 0 Å². The molecule has 1 saturated heterocycles. The number of rotatable bonds is 9. The normalized spacial score (nSPS) is 18.2. The average molecular weight is 278 g/mol. The van der Waals surface area contributed by atoms with Crippen molar-refractivity contribution in [2.45, 2.75) is 45.0 Å². The summed E-state index contributed by atoms with van der Waals surface area (Å²) in [7, 11) is -3.10. The molecule has 5 nitrogen and oxygen atoms in total. The largest absolute Gasteiger partial charge is 0.379 e. The fourth-order valence-corrected chi connectivity index (χ4v) is 3.33. The van der Waals surface area contributed by atoms with Crippen LogP contribution in [0.4, 0.5) is 0 Å². The van der Waals surface area contributed by atoms with Gasteiger partial charge in [0.1, 0.15) is 5.25 Å². The smallest absolute Gasteiger partial charge is 0.217 e. The van der Waals surface area contributed by atoms with E-state index < -0.39 is 10.0 Å². The van der Waals surface area contributed by atoms with Gasteiger partial charge in [-0.25, -0.2) is 13.1 Å². The number of ether oxygens (including phenoxy) is 1. The molecule has 0 atom stereocenters. The molecule has 1 N–H and O–H groups in total. The summed E-state index contributed by atoms with van der Waals surface area (Å²) in [6, 6.07) is 0. The topological polar surface area (TPSA) is 58.6 Å². The van der Waals surface area contributed by atoms with Gasteiger partial charge in [0.05, 0.1) is 6.10 Å². The fraction of sp³-hybridized carbons (Fsp3) is 1.00. The Hall–Kier alpha value is -0.170. The van der Waals surface area contributed by atoms with E-state index in [2.05, 4.69) is 9.62 Å². The summed E-state index contributed by atoms with van der Waals surface area (Å²) in [4.78, 5) is 2.13. The van der Waals surface area contributed by atoms with Gasteiger partial charge in [0.2, 0.25) is 10.0 Å². The van der Waals surface area contributed by atoms with Gasteiger partial charge < -0.3 is 9.64 Å². The Morgan fingerprint density at radius 2 is 2.00 bits per heavy atom. The van der Waals surface area contributed by atoms with E-state index in [-0.39, 0.29) is 11.4 Å². The third-order valence-corrected chi connectivity index (χ3v) is 4.92. The molecule has 1 heterocycles. The maximum Gasteiger partial charge on any atom is 0.217 e. The molecule has 0 spiro atoms. The van der Waals surface area contributed by atoms with Crippen molar-refractivity contribution in [2.24, 2.45) is 0 Å². The Balaban J connectivity index is 2.08. The first-order valence-corrected chi connectivity index (χ1v) is 8.32. The highest BCUT2D eigenvalue weighted by Crippen LogP contribution is 2.14. The molecule has 0 bridgehead atoms. The third kappa shape index (κ3) is 5.22. The molecule has 0 saturated carbocycles. The lowest BCUT2D eigenvalue weighted by Gasteiger charge is -2.37. The van der Waals surface area contributed by atoms with E-state index in [4.69, 9.17) is 4.74 Å². The van der Waals surface area contributed by atoms with Crippen LogP contribution in [0.15, 0.2) is 0 Å². The van der Waals surface area contributed by atoms with Gasteiger partial charge in [0.25, 0.3) is 0 Å². The predicted molar refractivity (Wildman–Crippen MR) is 73.1 cm³/mol. The van der Waals surface area contributed by atoms with Crippen LogP contribution in [-0.4, -0.2) is 57.5 Å². The second-order valence-electron chi connectivity index (χ2n) is 5.04. The minimum absolute atomic E-state index is 0.218. The summed E-state index contributed by atoms with van der Waals surface area (Å²) in [5, 5.41) is -0.218. The van der Waals surface area contributed by atoms with Crippen LogP contribution in [0.25, 0.3) is 0 Å². The highest BCUT2D eigenvalue weighted by Gasteiger charge is 2.35. The van der Waals surface area contributed by atoms with Crippen molar-refractivity contribution in [3.05, 3.63) is 0 Å². The van der Waals surface area contributed by atoms with Crippen LogP contribution < -0.4 is 4.72 Å². The average Bonchev–Trinajstić information content (AvgIpc) is 2.21. The Labute approximate surface area is 111 Å². The first kappa shape index (κ1) is 15.9. The summed E-state index contributed by atoms with van der Waals surface area (Å²) in [5.74, 6) is 0. The number of hydrogen-bond donors (Lipinski definition) is 1. The lowest BCUT2D eigenvalue weighted by Crippen LogP contribution is -2.57. The monoisotopic (exact) mass is 278 g/mol. The summed E-state index contributed by atoms with van der Waals surface area (Å²) in [6.07, 6.45) is 1.97. The van der Waals surface area contributed by atoms with Gasteiger partial charge >= 0.3 is 0 Å². The molecule has 0 aromatic rings. The zero-order valence-corrected chi connectivity index (χ0v) is 12.5. The minimum atomic E-state index is -3.10. The Bertz CT molecular complexity index is 324. The van der Waals surface area contributed by atoms with Crippen LogP contribution in [-0.2, 0) is 14.8 Å². The van der Waals surface area contributed by atoms with Gasteiger partial charge in [-0.05, 0) is 33.2 Å². The van der Waals surface area contributed by atoms with Crippen LogP contribution in [0.5, 0.6) is 0 Å². The van der Waals surface area contributed by atoms with Crippen molar-refractivity contribution in [1.29, 1.82) is 0 Å². The van der Waals surface area contributed by atoms with E-state index in [1.807, 2.05) is 20.8 Å². The van der Waals surface area contributed by atoms with Crippen LogP contribution in [0, 0.1) is 0 Å². The first-order chi connectivity index (χ1) is 8.45. The minimum Gasteiger partial charge on any atom is -0.379 e. The summed E-state index contributed by atoms with van der Waals surface area (Å²) in [6.45, 7) is 9.53. The molecule has 0 aromatic carbocycles. The van der Waals surface area contributed by atoms with Crippen LogP contribution in [0.2, 0.25) is 0 Å². The van der Waals surface area contributed by atoms with E-state index in [1.165, 1.54) is 0 Å². The number of likely N-dealkylation sites (tertiary alicyclic amines) is 1. The van der Waals surface area contributed by atoms with Gasteiger partial charge in [-0.1, -0.05) is 6.92 Å². The highest BCUT2D eigenvalue weighted by atomic mass is 32.2. The van der Waals surface area contributed by atoms with Crippen molar-refractivity contribution < 1.29 is 13.2 Å². The van der Waals surface area contributed by atoms with E-state index >= 15 is 0 Å². The van der Waals surface area contributed by atoms with Gasteiger partial charge in [0.15, 0.2) is 0 Å². The molecule has 6 heteroatoms. The van der Waals surface area contributed by atoms with Gasteiger partial charge in [-0.2, -0.15) is 0 Å². The van der Waals surface area contributed by atoms with Crippen molar-refractivity contribution in [1.82, 2.24) is 9.62 Å². The predicted octanol–water partition coefficient (Wildman–Crippen LogP) is 0.815. The third-order valence-electron chi connectivity index (χ3n) is 3.14. The quantitative estimate of drug-likeness (QED) is 0.634. The molecule has 0 aliphatic carbocycles. The van der Waals surface area contributed by atoms with Gasteiger partial charge in [-0.3, -0.25) is 0 Å². The van der Waals surface area contributed by atoms with Crippen molar-refractivity contribution in [3.8, 4) is 0 Å². The van der Waals surface area contributed by atoms with Crippen molar-refractivity contribution >= 4 is 10.0 Å². The summed E-state index contributed by atoms with van der Waals surface area (Å²) in [5.41, 5.74) is 0. The second kappa shape index (κ2) is 7.43. The molecule has 18 heavy (non-hydrogen) atoms. The maximum atomic E-state index is 11.8. The number of nitrogens with zero attached hydrogens (tertiary/aromatic N) is 1. The van der Waals surface area contributed by atoms with Gasteiger partial charge in [0, 0.05) is 26.2 Å². The molecule has 108 valence electrons. The molecule has 0 unspecified atom stereocenters. The second-order valence-corrected chi connectivity index (χ2v) is 7.09. The SMILES string of the molecule is CCN1CC(S(=O)(=O)NCCCCOC(C)C)C1. The molecule has 1 aliphatic rings. The number of nitrogens with one attached hydrogen (secondary N) is 1. The molecule has 0 amide bonds. The number of sulfonamides is 1. The Morgan fingerprint density at radius 3 is 2.56 bits per heavy atom. The molecule has 1 rings (SSSR count). The van der Waals surface area contributed by atoms with E-state index in [1.54, 1.807) is 0 Å². The van der Waals surface area contributed by atoms with Crippen LogP contribution in [0.1, 0.15) is 33.6 Å². The molecular formula is C12H26N2O3S. The van der Waals surface area contributed by atoms with Crippen LogP contribution >= 0.6 is 0 Å². The molecule has 1 aliphatic heterocycles. The maximum absolute atomic E-state index is 11.8. The Kier molecular flexibility index (Phi) is 6.55. The van der Waals surface area contributed by atoms with E-state index in [9.17, 15) is 8.42 Å². The Morgan fingerprint density at radius 1 is 1.33 bits per heavy atom. The van der Waals surface area contributed by atoms with E-state index in [0.717, 1.165) is 19.4 Å². The molecule has 0 radical (unpaired) electrons. The van der Waals surface area contributed by atoms with Gasteiger partial charge in [-0.15, -0.1) is 0 Å². The van der Waals surface area contributed by atoms with Crippen LogP contribution in [0.3, 0.4) is 0 Å². The number of unbranched alkanes of at least 4 members (excludes halogenated alkanes) is 1. The zero-order valence-electron chi connectivity index (χ0n) is 11.7. The molecule has 1 fully saturated rings. The lowest BCUT2D eigenvalue weighted by molar-refractivity contribution is 0.0762. The number of hydrogen-bond acceptors (Lipinski definition) is 4. The molecular weight excluding hydrogens is 252 g/mol. The standard InChI is InChI=1S/C12H26N2O3S/c1-4-14-9-12(10-14)18(15,16)13-7-5-6-8-17-11(2)3/h11-13H,4-10H2,1-3H3. The molecule has 0 aromatic heterocycles. The fourth-order valence-electron chi connectivity index (χ4n) is 1.86. The lowest BCUT2D eigenvalue weighted by atomic mass is 10.2.